The minimum absolute atomic E-state index is 0.613. The van der Waals surface area contributed by atoms with Crippen molar-refractivity contribution in [3.05, 3.63) is 52.7 Å². The number of aryl methyl sites for hydroxylation is 2. The van der Waals surface area contributed by atoms with Crippen molar-refractivity contribution in [3.63, 3.8) is 0 Å². The second-order valence-corrected chi connectivity index (χ2v) is 7.45. The van der Waals surface area contributed by atoms with Gasteiger partial charge in [-0.2, -0.15) is 10.4 Å². The van der Waals surface area contributed by atoms with Crippen molar-refractivity contribution in [2.75, 3.05) is 0 Å². The number of aromatic nitrogens is 6. The zero-order valence-electron chi connectivity index (χ0n) is 14.8. The van der Waals surface area contributed by atoms with Gasteiger partial charge in [-0.3, -0.25) is 4.98 Å². The van der Waals surface area contributed by atoms with Crippen molar-refractivity contribution >= 4 is 38.2 Å². The first-order chi connectivity index (χ1) is 13.2. The molecule has 0 fully saturated rings. The van der Waals surface area contributed by atoms with E-state index in [2.05, 4.69) is 32.6 Å². The van der Waals surface area contributed by atoms with E-state index >= 15 is 0 Å². The molecule has 0 spiro atoms. The Kier molecular flexibility index (Phi) is 3.45. The molecule has 0 aliphatic heterocycles. The Morgan fingerprint density at radius 2 is 2.11 bits per heavy atom. The number of hydrogen-bond donors (Lipinski definition) is 0. The number of fused-ring (bicyclic) bond motifs is 4. The van der Waals surface area contributed by atoms with Crippen LogP contribution in [0, 0.1) is 11.3 Å². The summed E-state index contributed by atoms with van der Waals surface area (Å²) in [6.45, 7) is 2.09. The largest absolute Gasteiger partial charge is 0.330 e. The molecule has 0 saturated carbocycles. The second kappa shape index (κ2) is 5.86. The molecule has 27 heavy (non-hydrogen) atoms. The SMILES string of the molecule is CCc1nn2cc(Cc3nc4cnc5ccc(C#N)cc5c4n3C)nc2s1. The van der Waals surface area contributed by atoms with Gasteiger partial charge in [0.1, 0.15) is 16.3 Å². The fourth-order valence-corrected chi connectivity index (χ4v) is 4.18. The Morgan fingerprint density at radius 1 is 1.22 bits per heavy atom. The molecular formula is C19H15N7S. The van der Waals surface area contributed by atoms with Gasteiger partial charge in [0, 0.05) is 18.9 Å². The molecular weight excluding hydrogens is 358 g/mol. The Labute approximate surface area is 158 Å². The molecule has 1 aromatic carbocycles. The summed E-state index contributed by atoms with van der Waals surface area (Å²) in [7, 11) is 2.00. The van der Waals surface area contributed by atoms with Crippen molar-refractivity contribution in [2.24, 2.45) is 7.05 Å². The maximum atomic E-state index is 9.22. The van der Waals surface area contributed by atoms with E-state index in [1.807, 2.05) is 29.9 Å². The molecule has 0 bridgehead atoms. The van der Waals surface area contributed by atoms with E-state index in [1.54, 1.807) is 23.6 Å². The summed E-state index contributed by atoms with van der Waals surface area (Å²) in [5, 5.41) is 15.8. The van der Waals surface area contributed by atoms with Crippen LogP contribution in [-0.2, 0) is 19.9 Å². The van der Waals surface area contributed by atoms with Gasteiger partial charge < -0.3 is 4.57 Å². The summed E-state index contributed by atoms with van der Waals surface area (Å²) in [4.78, 5) is 14.8. The monoisotopic (exact) mass is 373 g/mol. The third-order valence-corrected chi connectivity index (χ3v) is 5.76. The minimum atomic E-state index is 0.613. The van der Waals surface area contributed by atoms with Crippen molar-refractivity contribution in [2.45, 2.75) is 19.8 Å². The number of benzene rings is 1. The van der Waals surface area contributed by atoms with E-state index in [0.29, 0.717) is 12.0 Å². The molecule has 0 unspecified atom stereocenters. The highest BCUT2D eigenvalue weighted by Gasteiger charge is 2.15. The van der Waals surface area contributed by atoms with Crippen LogP contribution in [0.4, 0.5) is 0 Å². The predicted octanol–water partition coefficient (Wildman–Crippen LogP) is 3.25. The lowest BCUT2D eigenvalue weighted by atomic mass is 10.1. The van der Waals surface area contributed by atoms with Crippen molar-refractivity contribution < 1.29 is 0 Å². The summed E-state index contributed by atoms with van der Waals surface area (Å²) < 4.78 is 3.91. The van der Waals surface area contributed by atoms with Gasteiger partial charge >= 0.3 is 0 Å². The highest BCUT2D eigenvalue weighted by atomic mass is 32.1. The van der Waals surface area contributed by atoms with Crippen LogP contribution in [0.2, 0.25) is 0 Å². The van der Waals surface area contributed by atoms with Gasteiger partial charge in [-0.05, 0) is 24.6 Å². The maximum Gasteiger partial charge on any atom is 0.212 e. The molecule has 5 rings (SSSR count). The Balaban J connectivity index is 1.62. The van der Waals surface area contributed by atoms with Crippen LogP contribution in [0.5, 0.6) is 0 Å². The first kappa shape index (κ1) is 15.9. The third kappa shape index (κ3) is 2.47. The normalized spacial score (nSPS) is 11.6. The van der Waals surface area contributed by atoms with Gasteiger partial charge in [0.15, 0.2) is 0 Å². The molecule has 132 valence electrons. The summed E-state index contributed by atoms with van der Waals surface area (Å²) in [5.41, 5.74) is 4.22. The molecule has 4 heterocycles. The zero-order chi connectivity index (χ0) is 18.5. The average Bonchev–Trinajstić information content (AvgIpc) is 3.33. The quantitative estimate of drug-likeness (QED) is 0.485. The lowest BCUT2D eigenvalue weighted by molar-refractivity contribution is 0.835. The number of imidazole rings is 2. The summed E-state index contributed by atoms with van der Waals surface area (Å²) >= 11 is 1.62. The lowest BCUT2D eigenvalue weighted by Crippen LogP contribution is -2.00. The van der Waals surface area contributed by atoms with Gasteiger partial charge in [-0.1, -0.05) is 18.3 Å². The molecule has 7 nitrogen and oxygen atoms in total. The van der Waals surface area contributed by atoms with Crippen LogP contribution < -0.4 is 0 Å². The van der Waals surface area contributed by atoms with Gasteiger partial charge in [0.25, 0.3) is 0 Å². The van der Waals surface area contributed by atoms with Gasteiger partial charge in [-0.15, -0.1) is 0 Å². The summed E-state index contributed by atoms with van der Waals surface area (Å²) in [5.74, 6) is 0.906. The number of hydrogen-bond acceptors (Lipinski definition) is 6. The Hall–Kier alpha value is -3.31. The molecule has 0 saturated heterocycles. The van der Waals surface area contributed by atoms with Crippen LogP contribution in [0.25, 0.3) is 26.9 Å². The highest BCUT2D eigenvalue weighted by molar-refractivity contribution is 7.16. The first-order valence-corrected chi connectivity index (χ1v) is 9.46. The number of pyridine rings is 1. The topological polar surface area (TPSA) is 84.7 Å². The fourth-order valence-electron chi connectivity index (χ4n) is 3.35. The van der Waals surface area contributed by atoms with E-state index in [-0.39, 0.29) is 0 Å². The standard InChI is InChI=1S/C19H15N7S/c1-3-17-24-26-10-12(22-19(26)27-17)7-16-23-15-9-21-14-5-4-11(8-20)6-13(14)18(15)25(16)2/h4-6,9-10H,3,7H2,1-2H3. The van der Waals surface area contributed by atoms with Crippen LogP contribution in [0.15, 0.2) is 30.6 Å². The zero-order valence-corrected chi connectivity index (χ0v) is 15.7. The lowest BCUT2D eigenvalue weighted by Gasteiger charge is -2.03. The van der Waals surface area contributed by atoms with E-state index in [1.165, 1.54) is 0 Å². The fraction of sp³-hybridized carbons (Fsp3) is 0.211. The Morgan fingerprint density at radius 3 is 2.89 bits per heavy atom. The number of nitrogens with zero attached hydrogens (tertiary/aromatic N) is 7. The first-order valence-electron chi connectivity index (χ1n) is 8.64. The predicted molar refractivity (Wildman–Crippen MR) is 104 cm³/mol. The van der Waals surface area contributed by atoms with Gasteiger partial charge in [0.05, 0.1) is 40.8 Å². The summed E-state index contributed by atoms with van der Waals surface area (Å²) in [6, 6.07) is 7.73. The molecule has 0 aliphatic rings. The van der Waals surface area contributed by atoms with Crippen molar-refractivity contribution in [3.8, 4) is 6.07 Å². The van der Waals surface area contributed by atoms with Crippen molar-refractivity contribution in [1.82, 2.24) is 29.1 Å². The van der Waals surface area contributed by atoms with E-state index < -0.39 is 0 Å². The summed E-state index contributed by atoms with van der Waals surface area (Å²) in [6.07, 6.45) is 5.28. The smallest absolute Gasteiger partial charge is 0.212 e. The average molecular weight is 373 g/mol. The van der Waals surface area contributed by atoms with Gasteiger partial charge in [0.2, 0.25) is 4.96 Å². The van der Waals surface area contributed by atoms with E-state index in [0.717, 1.165) is 49.8 Å². The molecule has 0 radical (unpaired) electrons. The van der Waals surface area contributed by atoms with Crippen LogP contribution >= 0.6 is 11.3 Å². The number of rotatable bonds is 3. The molecule has 0 amide bonds. The second-order valence-electron chi connectivity index (χ2n) is 6.41. The molecule has 0 N–H and O–H groups in total. The number of nitriles is 1. The van der Waals surface area contributed by atoms with E-state index in [4.69, 9.17) is 4.98 Å². The third-order valence-electron chi connectivity index (χ3n) is 4.70. The molecule has 0 atom stereocenters. The minimum Gasteiger partial charge on any atom is -0.330 e. The highest BCUT2D eigenvalue weighted by Crippen LogP contribution is 2.26. The van der Waals surface area contributed by atoms with Gasteiger partial charge in [-0.25, -0.2) is 14.5 Å². The van der Waals surface area contributed by atoms with Crippen LogP contribution in [0.1, 0.15) is 29.0 Å². The molecule has 8 heteroatoms. The molecule has 4 aromatic heterocycles. The molecule has 0 aliphatic carbocycles. The van der Waals surface area contributed by atoms with Crippen LogP contribution in [-0.4, -0.2) is 29.1 Å². The van der Waals surface area contributed by atoms with E-state index in [9.17, 15) is 5.26 Å². The maximum absolute atomic E-state index is 9.22. The van der Waals surface area contributed by atoms with Crippen LogP contribution in [0.3, 0.4) is 0 Å². The molecule has 5 aromatic rings. The Bertz CT molecular complexity index is 1330. The van der Waals surface area contributed by atoms with Crippen molar-refractivity contribution in [1.29, 1.82) is 5.26 Å².